The monoisotopic (exact) mass is 336 g/mol. The smallest absolute Gasteiger partial charge is 0.410 e. The van der Waals surface area contributed by atoms with Gasteiger partial charge in [-0.3, -0.25) is 0 Å². The zero-order valence-electron chi connectivity index (χ0n) is 13.9. The molecule has 0 aromatic heterocycles. The molecule has 5 nitrogen and oxygen atoms in total. The molecule has 1 aliphatic heterocycles. The van der Waals surface area contributed by atoms with E-state index in [9.17, 15) is 10.1 Å². The fraction of sp³-hybridized carbons (Fsp3) is 0.529. The first-order chi connectivity index (χ1) is 10.7. The second kappa shape index (κ2) is 6.29. The van der Waals surface area contributed by atoms with Crippen molar-refractivity contribution in [3.8, 4) is 11.8 Å². The van der Waals surface area contributed by atoms with Gasteiger partial charge in [0.1, 0.15) is 23.0 Å². The van der Waals surface area contributed by atoms with Gasteiger partial charge in [-0.2, -0.15) is 5.26 Å². The maximum absolute atomic E-state index is 12.0. The average molecular weight is 337 g/mol. The lowest BCUT2D eigenvalue weighted by molar-refractivity contribution is -0.0834. The molecule has 1 aliphatic rings. The number of rotatable bonds is 3. The zero-order chi connectivity index (χ0) is 17.3. The number of carbonyl (C=O) groups is 1. The van der Waals surface area contributed by atoms with Gasteiger partial charge in [0.2, 0.25) is 0 Å². The Hall–Kier alpha value is -1.93. The topological polar surface area (TPSA) is 62.6 Å². The summed E-state index contributed by atoms with van der Waals surface area (Å²) >= 11 is 5.98. The van der Waals surface area contributed by atoms with Gasteiger partial charge in [-0.25, -0.2) is 4.79 Å². The minimum atomic E-state index is -0.524. The van der Waals surface area contributed by atoms with Crippen LogP contribution in [0.2, 0.25) is 5.02 Å². The van der Waals surface area contributed by atoms with Gasteiger partial charge in [-0.05, 0) is 39.3 Å². The van der Waals surface area contributed by atoms with E-state index in [0.717, 1.165) is 0 Å². The van der Waals surface area contributed by atoms with Crippen LogP contribution < -0.4 is 4.74 Å². The molecular weight excluding hydrogens is 316 g/mol. The van der Waals surface area contributed by atoms with Gasteiger partial charge in [0.05, 0.1) is 18.7 Å². The zero-order valence-corrected chi connectivity index (χ0v) is 14.6. The molecule has 1 aromatic rings. The largest absolute Gasteiger partial charge is 0.482 e. The van der Waals surface area contributed by atoms with Crippen LogP contribution in [0.25, 0.3) is 0 Å². The lowest BCUT2D eigenvalue weighted by Gasteiger charge is -2.49. The summed E-state index contributed by atoms with van der Waals surface area (Å²) in [7, 11) is 0. The van der Waals surface area contributed by atoms with E-state index < -0.39 is 11.2 Å². The molecular formula is C17H21ClN2O3. The van der Waals surface area contributed by atoms with Crippen molar-refractivity contribution in [3.63, 3.8) is 0 Å². The molecule has 0 atom stereocenters. The molecule has 0 spiro atoms. The number of hydrogen-bond acceptors (Lipinski definition) is 4. The average Bonchev–Trinajstić information content (AvgIpc) is 2.40. The van der Waals surface area contributed by atoms with Crippen molar-refractivity contribution in [3.05, 3.63) is 28.8 Å². The molecule has 1 heterocycles. The highest BCUT2D eigenvalue weighted by atomic mass is 35.5. The van der Waals surface area contributed by atoms with Gasteiger partial charge in [0.25, 0.3) is 0 Å². The molecule has 1 saturated heterocycles. The number of nitrogens with zero attached hydrogens (tertiary/aromatic N) is 2. The maximum Gasteiger partial charge on any atom is 0.410 e. The van der Waals surface area contributed by atoms with Gasteiger partial charge in [0, 0.05) is 11.1 Å². The van der Waals surface area contributed by atoms with Crippen LogP contribution in [0.3, 0.4) is 0 Å². The van der Waals surface area contributed by atoms with Crippen LogP contribution in [0.1, 0.15) is 39.7 Å². The number of halogens is 1. The van der Waals surface area contributed by atoms with Crippen LogP contribution in [0.5, 0.6) is 5.75 Å². The number of hydrogen-bond donors (Lipinski definition) is 0. The van der Waals surface area contributed by atoms with Crippen molar-refractivity contribution < 1.29 is 14.3 Å². The van der Waals surface area contributed by atoms with Crippen molar-refractivity contribution in [1.82, 2.24) is 4.90 Å². The summed E-state index contributed by atoms with van der Waals surface area (Å²) in [5.74, 6) is 0.450. The molecule has 0 radical (unpaired) electrons. The number of carbonyl (C=O) groups excluding carboxylic acids is 1. The fourth-order valence-electron chi connectivity index (χ4n) is 2.37. The Morgan fingerprint density at radius 1 is 1.43 bits per heavy atom. The predicted molar refractivity (Wildman–Crippen MR) is 87.6 cm³/mol. The third-order valence-corrected chi connectivity index (χ3v) is 3.88. The highest BCUT2D eigenvalue weighted by Crippen LogP contribution is 2.34. The summed E-state index contributed by atoms with van der Waals surface area (Å²) in [6.07, 6.45) is 0.362. The summed E-state index contributed by atoms with van der Waals surface area (Å²) in [5, 5.41) is 9.69. The van der Waals surface area contributed by atoms with Gasteiger partial charge in [-0.1, -0.05) is 18.5 Å². The van der Waals surface area contributed by atoms with Crippen molar-refractivity contribution in [2.24, 2.45) is 0 Å². The number of ether oxygens (including phenoxy) is 2. The van der Waals surface area contributed by atoms with Crippen molar-refractivity contribution in [1.29, 1.82) is 5.26 Å². The third-order valence-electron chi connectivity index (χ3n) is 3.64. The Balaban J connectivity index is 2.07. The van der Waals surface area contributed by atoms with E-state index in [1.807, 2.05) is 27.7 Å². The van der Waals surface area contributed by atoms with Crippen LogP contribution in [-0.4, -0.2) is 35.3 Å². The van der Waals surface area contributed by atoms with E-state index in [0.29, 0.717) is 35.8 Å². The molecule has 0 saturated carbocycles. The van der Waals surface area contributed by atoms with E-state index in [2.05, 4.69) is 6.07 Å². The Labute approximate surface area is 141 Å². The van der Waals surface area contributed by atoms with E-state index >= 15 is 0 Å². The molecule has 6 heteroatoms. The number of likely N-dealkylation sites (tertiary alicyclic amines) is 1. The molecule has 124 valence electrons. The van der Waals surface area contributed by atoms with Crippen LogP contribution in [0.15, 0.2) is 18.2 Å². The third kappa shape index (κ3) is 4.08. The number of amides is 1. The lowest BCUT2D eigenvalue weighted by atomic mass is 9.91. The maximum atomic E-state index is 12.0. The molecule has 0 aliphatic carbocycles. The first kappa shape index (κ1) is 17.4. The lowest BCUT2D eigenvalue weighted by Crippen LogP contribution is -2.66. The number of benzene rings is 1. The normalized spacial score (nSPS) is 16.3. The molecule has 23 heavy (non-hydrogen) atoms. The molecule has 2 rings (SSSR count). The summed E-state index contributed by atoms with van der Waals surface area (Å²) in [6.45, 7) is 8.34. The summed E-state index contributed by atoms with van der Waals surface area (Å²) < 4.78 is 11.4. The van der Waals surface area contributed by atoms with Crippen LogP contribution in [-0.2, 0) is 4.74 Å². The standard InChI is InChI=1S/C17H21ClN2O3/c1-5-17(10-20(11-17)15(21)23-16(2,3)4)22-14-8-13(18)7-6-12(14)9-19/h6-8H,5,10-11H2,1-4H3. The Bertz CT molecular complexity index is 640. The first-order valence-corrected chi connectivity index (χ1v) is 7.92. The summed E-state index contributed by atoms with van der Waals surface area (Å²) in [5.41, 5.74) is -0.603. The number of nitriles is 1. The summed E-state index contributed by atoms with van der Waals surface area (Å²) in [6, 6.07) is 7.01. The van der Waals surface area contributed by atoms with Gasteiger partial charge >= 0.3 is 6.09 Å². The van der Waals surface area contributed by atoms with Crippen molar-refractivity contribution in [2.75, 3.05) is 13.1 Å². The Kier molecular flexibility index (Phi) is 4.76. The predicted octanol–water partition coefficient (Wildman–Crippen LogP) is 3.99. The van der Waals surface area contributed by atoms with Gasteiger partial charge in [0.15, 0.2) is 0 Å². The minimum absolute atomic E-state index is 0.350. The molecule has 1 aromatic carbocycles. The van der Waals surface area contributed by atoms with Crippen LogP contribution in [0, 0.1) is 11.3 Å². The van der Waals surface area contributed by atoms with Gasteiger partial charge < -0.3 is 14.4 Å². The van der Waals surface area contributed by atoms with E-state index in [1.165, 1.54) is 0 Å². The second-order valence-electron chi connectivity index (χ2n) is 6.73. The fourth-order valence-corrected chi connectivity index (χ4v) is 2.53. The highest BCUT2D eigenvalue weighted by Gasteiger charge is 2.47. The molecule has 1 fully saturated rings. The second-order valence-corrected chi connectivity index (χ2v) is 7.16. The van der Waals surface area contributed by atoms with Crippen LogP contribution in [0.4, 0.5) is 4.79 Å². The minimum Gasteiger partial charge on any atom is -0.482 e. The first-order valence-electron chi connectivity index (χ1n) is 7.55. The Morgan fingerprint density at radius 3 is 2.61 bits per heavy atom. The van der Waals surface area contributed by atoms with Crippen molar-refractivity contribution in [2.45, 2.75) is 45.3 Å². The molecule has 1 amide bonds. The molecule has 0 bridgehead atoms. The molecule has 0 N–H and O–H groups in total. The SMILES string of the molecule is CCC1(Oc2cc(Cl)ccc2C#N)CN(C(=O)OC(C)(C)C)C1. The van der Waals surface area contributed by atoms with Gasteiger partial charge in [-0.15, -0.1) is 0 Å². The summed E-state index contributed by atoms with van der Waals surface area (Å²) in [4.78, 5) is 13.7. The van der Waals surface area contributed by atoms with E-state index in [4.69, 9.17) is 21.1 Å². The van der Waals surface area contributed by atoms with Crippen molar-refractivity contribution >= 4 is 17.7 Å². The van der Waals surface area contributed by atoms with Crippen LogP contribution >= 0.6 is 11.6 Å². The Morgan fingerprint density at radius 2 is 2.09 bits per heavy atom. The van der Waals surface area contributed by atoms with E-state index in [1.54, 1.807) is 23.1 Å². The van der Waals surface area contributed by atoms with E-state index in [-0.39, 0.29) is 6.09 Å². The molecule has 0 unspecified atom stereocenters. The quantitative estimate of drug-likeness (QED) is 0.837. The highest BCUT2D eigenvalue weighted by molar-refractivity contribution is 6.30.